The Labute approximate surface area is 135 Å². The molecule has 0 saturated carbocycles. The zero-order valence-corrected chi connectivity index (χ0v) is 12.7. The zero-order valence-electron chi connectivity index (χ0n) is 12.7. The van der Waals surface area contributed by atoms with E-state index < -0.39 is 11.0 Å². The summed E-state index contributed by atoms with van der Waals surface area (Å²) < 4.78 is 5.56. The number of aliphatic hydroxyl groups excluding tert-OH is 1. The molecule has 2 aromatic carbocycles. The van der Waals surface area contributed by atoms with Gasteiger partial charge < -0.3 is 9.84 Å². The van der Waals surface area contributed by atoms with E-state index in [1.165, 1.54) is 12.1 Å². The number of nitrogens with zero attached hydrogens (tertiary/aromatic N) is 1. The lowest BCUT2D eigenvalue weighted by Gasteiger charge is -2.12. The number of nitro groups is 1. The van der Waals surface area contributed by atoms with E-state index in [4.69, 9.17) is 4.74 Å². The molecule has 2 rings (SSSR count). The third kappa shape index (κ3) is 4.66. The molecule has 2 aromatic rings. The van der Waals surface area contributed by atoms with Crippen LogP contribution in [0.5, 0.6) is 5.75 Å². The van der Waals surface area contributed by atoms with E-state index in [-0.39, 0.29) is 18.0 Å². The highest BCUT2D eigenvalue weighted by atomic mass is 16.6. The van der Waals surface area contributed by atoms with Gasteiger partial charge in [0.15, 0.2) is 5.75 Å². The van der Waals surface area contributed by atoms with Gasteiger partial charge in [-0.2, -0.15) is 0 Å². The summed E-state index contributed by atoms with van der Waals surface area (Å²) in [7, 11) is 0. The number of hydrogen-bond acceptors (Lipinski definition) is 4. The van der Waals surface area contributed by atoms with E-state index in [2.05, 4.69) is 6.58 Å². The summed E-state index contributed by atoms with van der Waals surface area (Å²) in [5.74, 6) is 0.193. The van der Waals surface area contributed by atoms with Crippen LogP contribution < -0.4 is 4.74 Å². The number of aliphatic hydroxyl groups is 1. The van der Waals surface area contributed by atoms with Crippen molar-refractivity contribution in [2.75, 3.05) is 0 Å². The molecule has 1 unspecified atom stereocenters. The summed E-state index contributed by atoms with van der Waals surface area (Å²) in [5.41, 5.74) is 1.29. The van der Waals surface area contributed by atoms with Crippen molar-refractivity contribution in [2.45, 2.75) is 25.6 Å². The van der Waals surface area contributed by atoms with Gasteiger partial charge >= 0.3 is 5.69 Å². The number of ether oxygens (including phenoxy) is 1. The summed E-state index contributed by atoms with van der Waals surface area (Å²) in [6, 6.07) is 14.0. The maximum Gasteiger partial charge on any atom is 0.311 e. The van der Waals surface area contributed by atoms with Gasteiger partial charge in [0, 0.05) is 6.07 Å². The normalized spacial score (nSPS) is 11.7. The molecule has 0 spiro atoms. The molecule has 0 bridgehead atoms. The van der Waals surface area contributed by atoms with Gasteiger partial charge in [0.25, 0.3) is 0 Å². The molecule has 0 aliphatic heterocycles. The molecule has 23 heavy (non-hydrogen) atoms. The Morgan fingerprint density at radius 2 is 2.00 bits per heavy atom. The third-order valence-electron chi connectivity index (χ3n) is 3.45. The van der Waals surface area contributed by atoms with E-state index >= 15 is 0 Å². The van der Waals surface area contributed by atoms with E-state index in [0.717, 1.165) is 5.56 Å². The summed E-state index contributed by atoms with van der Waals surface area (Å²) in [6.45, 7) is 3.85. The minimum absolute atomic E-state index is 0.143. The smallest absolute Gasteiger partial charge is 0.311 e. The molecule has 5 nitrogen and oxygen atoms in total. The average molecular weight is 313 g/mol. The first-order valence-corrected chi connectivity index (χ1v) is 7.36. The highest BCUT2D eigenvalue weighted by Gasteiger charge is 2.19. The van der Waals surface area contributed by atoms with Crippen molar-refractivity contribution in [2.24, 2.45) is 0 Å². The quantitative estimate of drug-likeness (QED) is 0.451. The summed E-state index contributed by atoms with van der Waals surface area (Å²) in [5, 5.41) is 21.3. The third-order valence-corrected chi connectivity index (χ3v) is 3.45. The fraction of sp³-hybridized carbons (Fsp3) is 0.222. The van der Waals surface area contributed by atoms with Crippen molar-refractivity contribution in [1.82, 2.24) is 0 Å². The van der Waals surface area contributed by atoms with Gasteiger partial charge in [-0.25, -0.2) is 0 Å². The largest absolute Gasteiger partial charge is 0.482 e. The van der Waals surface area contributed by atoms with Crippen LogP contribution in [0.15, 0.2) is 61.2 Å². The fourth-order valence-corrected chi connectivity index (χ4v) is 2.18. The Bertz CT molecular complexity index is 670. The van der Waals surface area contributed by atoms with Crippen LogP contribution in [0.1, 0.15) is 30.1 Å². The lowest BCUT2D eigenvalue weighted by Crippen LogP contribution is -2.02. The van der Waals surface area contributed by atoms with Crippen LogP contribution >= 0.6 is 0 Å². The van der Waals surface area contributed by atoms with Gasteiger partial charge in [-0.15, -0.1) is 6.58 Å². The Balaban J connectivity index is 2.16. The molecule has 0 saturated heterocycles. The van der Waals surface area contributed by atoms with Crippen LogP contribution in [-0.4, -0.2) is 10.0 Å². The number of allylic oxidation sites excluding steroid dienone is 1. The summed E-state index contributed by atoms with van der Waals surface area (Å²) >= 11 is 0. The van der Waals surface area contributed by atoms with Crippen LogP contribution in [0.25, 0.3) is 0 Å². The second-order valence-corrected chi connectivity index (χ2v) is 5.14. The molecule has 5 heteroatoms. The first-order valence-electron chi connectivity index (χ1n) is 7.36. The van der Waals surface area contributed by atoms with E-state index in [1.807, 2.05) is 30.3 Å². The van der Waals surface area contributed by atoms with Crippen LogP contribution in [0.3, 0.4) is 0 Å². The number of hydrogen-bond donors (Lipinski definition) is 1. The van der Waals surface area contributed by atoms with Crippen molar-refractivity contribution in [3.05, 3.63) is 82.4 Å². The SMILES string of the molecule is C=CCCC(O)c1ccc(OCc2ccccc2)c([N+](=O)[O-])c1. The maximum atomic E-state index is 11.2. The molecule has 0 aliphatic rings. The molecule has 0 amide bonds. The second kappa shape index (κ2) is 8.10. The van der Waals surface area contributed by atoms with Gasteiger partial charge in [0.2, 0.25) is 0 Å². The molecule has 120 valence electrons. The Morgan fingerprint density at radius 3 is 2.65 bits per heavy atom. The van der Waals surface area contributed by atoms with Crippen LogP contribution in [0.4, 0.5) is 5.69 Å². The van der Waals surface area contributed by atoms with Gasteiger partial charge in [-0.3, -0.25) is 10.1 Å². The molecule has 0 aliphatic carbocycles. The highest BCUT2D eigenvalue weighted by molar-refractivity contribution is 5.49. The monoisotopic (exact) mass is 313 g/mol. The van der Waals surface area contributed by atoms with Gasteiger partial charge in [0.05, 0.1) is 11.0 Å². The van der Waals surface area contributed by atoms with Gasteiger partial charge in [-0.1, -0.05) is 42.5 Å². The van der Waals surface area contributed by atoms with E-state index in [9.17, 15) is 15.2 Å². The molecular weight excluding hydrogens is 294 g/mol. The lowest BCUT2D eigenvalue weighted by molar-refractivity contribution is -0.386. The summed E-state index contributed by atoms with van der Waals surface area (Å²) in [6.07, 6.45) is 2.07. The van der Waals surface area contributed by atoms with E-state index in [0.29, 0.717) is 18.4 Å². The summed E-state index contributed by atoms with van der Waals surface area (Å²) in [4.78, 5) is 10.8. The predicted molar refractivity (Wildman–Crippen MR) is 88.3 cm³/mol. The fourth-order valence-electron chi connectivity index (χ4n) is 2.18. The van der Waals surface area contributed by atoms with Crippen molar-refractivity contribution >= 4 is 5.69 Å². The Morgan fingerprint density at radius 1 is 1.26 bits per heavy atom. The minimum atomic E-state index is -0.755. The Hall–Kier alpha value is -2.66. The zero-order chi connectivity index (χ0) is 16.7. The molecule has 0 radical (unpaired) electrons. The van der Waals surface area contributed by atoms with Crippen LogP contribution in [0, 0.1) is 10.1 Å². The number of nitro benzene ring substituents is 1. The molecule has 1 N–H and O–H groups in total. The van der Waals surface area contributed by atoms with Gasteiger partial charge in [-0.05, 0) is 30.0 Å². The van der Waals surface area contributed by atoms with Crippen molar-refractivity contribution < 1.29 is 14.8 Å². The topological polar surface area (TPSA) is 72.6 Å². The molecular formula is C18H19NO4. The first-order chi connectivity index (χ1) is 11.1. The molecule has 1 atom stereocenters. The highest BCUT2D eigenvalue weighted by Crippen LogP contribution is 2.32. The number of benzene rings is 2. The van der Waals surface area contributed by atoms with Crippen molar-refractivity contribution in [1.29, 1.82) is 0 Å². The first kappa shape index (κ1) is 16.7. The minimum Gasteiger partial charge on any atom is -0.482 e. The molecule has 0 fully saturated rings. The second-order valence-electron chi connectivity index (χ2n) is 5.14. The lowest BCUT2D eigenvalue weighted by atomic mass is 10.0. The molecule has 0 heterocycles. The average Bonchev–Trinajstić information content (AvgIpc) is 2.58. The molecule has 0 aromatic heterocycles. The maximum absolute atomic E-state index is 11.2. The number of rotatable bonds is 8. The van der Waals surface area contributed by atoms with Crippen LogP contribution in [-0.2, 0) is 6.61 Å². The predicted octanol–water partition coefficient (Wildman–Crippen LogP) is 4.17. The standard InChI is InChI=1S/C18H19NO4/c1-2-3-9-17(20)15-10-11-18(16(12-15)19(21)22)23-13-14-7-5-4-6-8-14/h2,4-8,10-12,17,20H,1,3,9,13H2. The van der Waals surface area contributed by atoms with Gasteiger partial charge in [0.1, 0.15) is 6.61 Å². The van der Waals surface area contributed by atoms with Crippen LogP contribution in [0.2, 0.25) is 0 Å². The van der Waals surface area contributed by atoms with Crippen molar-refractivity contribution in [3.8, 4) is 5.75 Å². The van der Waals surface area contributed by atoms with Crippen molar-refractivity contribution in [3.63, 3.8) is 0 Å². The van der Waals surface area contributed by atoms with E-state index in [1.54, 1.807) is 12.1 Å². The Kier molecular flexibility index (Phi) is 5.88.